The number of nitrogens with one attached hydrogen (secondary N) is 1. The third-order valence-electron chi connectivity index (χ3n) is 5.78. The van der Waals surface area contributed by atoms with Crippen molar-refractivity contribution >= 4 is 11.5 Å². The molecule has 0 fully saturated rings. The van der Waals surface area contributed by atoms with Gasteiger partial charge in [0.1, 0.15) is 23.4 Å². The van der Waals surface area contributed by atoms with Gasteiger partial charge in [0, 0.05) is 26.7 Å². The number of fused-ring (bicyclic) bond motifs is 1. The molecular weight excluding hydrogens is 479 g/mol. The number of halogens is 3. The van der Waals surface area contributed by atoms with Gasteiger partial charge in [-0.2, -0.15) is 5.26 Å². The zero-order valence-corrected chi connectivity index (χ0v) is 19.1. The van der Waals surface area contributed by atoms with E-state index in [9.17, 15) is 27.9 Å². The van der Waals surface area contributed by atoms with Gasteiger partial charge in [0.25, 0.3) is 5.56 Å². The zero-order valence-electron chi connectivity index (χ0n) is 19.1. The SMILES string of the molecule is Cn1c2c(c(=O)n(CCCO)c1=O)N(Cc1ccc(C#N)cc1)C(c1cccc(OC(F)(F)F)c1)N2. The highest BCUT2D eigenvalue weighted by molar-refractivity contribution is 5.73. The summed E-state index contributed by atoms with van der Waals surface area (Å²) < 4.78 is 44.8. The van der Waals surface area contributed by atoms with Crippen LogP contribution in [0.4, 0.5) is 24.7 Å². The second-order valence-corrected chi connectivity index (χ2v) is 8.18. The molecule has 0 amide bonds. The Hall–Kier alpha value is -4.24. The molecule has 1 aliphatic rings. The lowest BCUT2D eigenvalue weighted by molar-refractivity contribution is -0.274. The Morgan fingerprint density at radius 1 is 1.17 bits per heavy atom. The average Bonchev–Trinajstić information content (AvgIpc) is 3.22. The molecular formula is C24H22F3N5O4. The molecule has 0 aliphatic carbocycles. The van der Waals surface area contributed by atoms with Gasteiger partial charge in [-0.1, -0.05) is 24.3 Å². The Balaban J connectivity index is 1.83. The number of nitriles is 1. The summed E-state index contributed by atoms with van der Waals surface area (Å²) in [7, 11) is 1.48. The molecule has 188 valence electrons. The Labute approximate surface area is 203 Å². The second-order valence-electron chi connectivity index (χ2n) is 8.18. The monoisotopic (exact) mass is 501 g/mol. The Kier molecular flexibility index (Phi) is 6.76. The second kappa shape index (κ2) is 9.79. The summed E-state index contributed by atoms with van der Waals surface area (Å²) in [5.41, 5.74) is 0.523. The highest BCUT2D eigenvalue weighted by Crippen LogP contribution is 2.40. The quantitative estimate of drug-likeness (QED) is 0.512. The van der Waals surface area contributed by atoms with Crippen LogP contribution in [0.25, 0.3) is 0 Å². The minimum Gasteiger partial charge on any atom is -0.406 e. The standard InChI is InChI=1S/C24H22F3N5O4/c1-30-21-19(22(34)31(23(30)35)10-3-11-33)32(14-16-8-6-15(13-28)7-9-16)20(29-21)17-4-2-5-18(12-17)36-24(25,26)27/h2,4-9,12,20,29,33H,3,10-11,14H2,1H3. The van der Waals surface area contributed by atoms with Crippen molar-refractivity contribution in [1.82, 2.24) is 9.13 Å². The van der Waals surface area contributed by atoms with Gasteiger partial charge < -0.3 is 20.1 Å². The predicted octanol–water partition coefficient (Wildman–Crippen LogP) is 2.83. The first kappa shape index (κ1) is 24.9. The van der Waals surface area contributed by atoms with Crippen LogP contribution in [0.5, 0.6) is 5.75 Å². The maximum absolute atomic E-state index is 13.4. The lowest BCUT2D eigenvalue weighted by Gasteiger charge is -2.27. The topological polar surface area (TPSA) is 113 Å². The number of nitrogens with zero attached hydrogens (tertiary/aromatic N) is 4. The van der Waals surface area contributed by atoms with Gasteiger partial charge in [-0.15, -0.1) is 13.2 Å². The van der Waals surface area contributed by atoms with E-state index in [0.29, 0.717) is 11.1 Å². The van der Waals surface area contributed by atoms with Crippen LogP contribution >= 0.6 is 0 Å². The Morgan fingerprint density at radius 2 is 1.89 bits per heavy atom. The third-order valence-corrected chi connectivity index (χ3v) is 5.78. The first-order valence-electron chi connectivity index (χ1n) is 11.0. The van der Waals surface area contributed by atoms with Crippen LogP contribution in [0.2, 0.25) is 0 Å². The first-order valence-corrected chi connectivity index (χ1v) is 11.0. The number of ether oxygens (including phenoxy) is 1. The van der Waals surface area contributed by atoms with E-state index < -0.39 is 29.5 Å². The van der Waals surface area contributed by atoms with Crippen LogP contribution < -0.4 is 26.2 Å². The molecule has 9 nitrogen and oxygen atoms in total. The summed E-state index contributed by atoms with van der Waals surface area (Å²) in [4.78, 5) is 28.0. The summed E-state index contributed by atoms with van der Waals surface area (Å²) in [5.74, 6) is -0.212. The van der Waals surface area contributed by atoms with E-state index in [0.717, 1.165) is 10.1 Å². The largest absolute Gasteiger partial charge is 0.573 e. The normalized spacial score (nSPS) is 14.8. The highest BCUT2D eigenvalue weighted by atomic mass is 19.4. The number of benzene rings is 2. The van der Waals surface area contributed by atoms with Gasteiger partial charge in [-0.05, 0) is 41.8 Å². The Bertz CT molecular complexity index is 1420. The van der Waals surface area contributed by atoms with Crippen molar-refractivity contribution in [2.24, 2.45) is 7.05 Å². The van der Waals surface area contributed by atoms with Crippen LogP contribution in [0.1, 0.15) is 29.3 Å². The molecule has 2 N–H and O–H groups in total. The van der Waals surface area contributed by atoms with Crippen molar-refractivity contribution in [2.45, 2.75) is 32.0 Å². The van der Waals surface area contributed by atoms with Gasteiger partial charge in [-0.3, -0.25) is 13.9 Å². The molecule has 0 saturated heterocycles. The molecule has 1 unspecified atom stereocenters. The van der Waals surface area contributed by atoms with E-state index >= 15 is 0 Å². The fourth-order valence-electron chi connectivity index (χ4n) is 4.13. The van der Waals surface area contributed by atoms with Crippen LogP contribution in [-0.4, -0.2) is 27.2 Å². The van der Waals surface area contributed by atoms with E-state index in [1.165, 1.54) is 29.8 Å². The predicted molar refractivity (Wildman–Crippen MR) is 124 cm³/mol. The fourth-order valence-corrected chi connectivity index (χ4v) is 4.13. The van der Waals surface area contributed by atoms with Gasteiger partial charge in [-0.25, -0.2) is 4.79 Å². The summed E-state index contributed by atoms with van der Waals surface area (Å²) in [6, 6.07) is 14.1. The van der Waals surface area contributed by atoms with Gasteiger partial charge in [0.05, 0.1) is 11.6 Å². The molecule has 0 bridgehead atoms. The lowest BCUT2D eigenvalue weighted by atomic mass is 10.1. The number of aliphatic hydroxyl groups excluding tert-OH is 1. The van der Waals surface area contributed by atoms with Crippen LogP contribution in [0.15, 0.2) is 58.1 Å². The maximum atomic E-state index is 13.4. The average molecular weight is 501 g/mol. The van der Waals surface area contributed by atoms with E-state index in [-0.39, 0.29) is 37.6 Å². The minimum atomic E-state index is -4.88. The maximum Gasteiger partial charge on any atom is 0.573 e. The molecule has 4 rings (SSSR count). The van der Waals surface area contributed by atoms with Crippen molar-refractivity contribution in [2.75, 3.05) is 16.8 Å². The molecule has 36 heavy (non-hydrogen) atoms. The number of aliphatic hydroxyl groups is 1. The highest BCUT2D eigenvalue weighted by Gasteiger charge is 2.37. The zero-order chi connectivity index (χ0) is 26.0. The van der Waals surface area contributed by atoms with E-state index in [1.54, 1.807) is 35.2 Å². The third kappa shape index (κ3) is 4.92. The smallest absolute Gasteiger partial charge is 0.406 e. The molecule has 1 aliphatic heterocycles. The summed E-state index contributed by atoms with van der Waals surface area (Å²) in [5, 5.41) is 21.4. The molecule has 0 saturated carbocycles. The molecule has 0 spiro atoms. The molecule has 2 heterocycles. The van der Waals surface area contributed by atoms with Crippen LogP contribution in [0, 0.1) is 11.3 Å². The van der Waals surface area contributed by atoms with Gasteiger partial charge in [0.15, 0.2) is 0 Å². The van der Waals surface area contributed by atoms with Crippen LogP contribution in [0.3, 0.4) is 0 Å². The number of hydrogen-bond acceptors (Lipinski definition) is 7. The van der Waals surface area contributed by atoms with Gasteiger partial charge >= 0.3 is 12.1 Å². The van der Waals surface area contributed by atoms with Crippen molar-refractivity contribution < 1.29 is 23.0 Å². The summed E-state index contributed by atoms with van der Waals surface area (Å²) in [6.07, 6.45) is -5.49. The van der Waals surface area contributed by atoms with Crippen molar-refractivity contribution in [1.29, 1.82) is 5.26 Å². The molecule has 1 atom stereocenters. The van der Waals surface area contributed by atoms with Crippen LogP contribution in [-0.2, 0) is 20.1 Å². The van der Waals surface area contributed by atoms with E-state index in [2.05, 4.69) is 10.1 Å². The summed E-state index contributed by atoms with van der Waals surface area (Å²) >= 11 is 0. The molecule has 0 radical (unpaired) electrons. The number of alkyl halides is 3. The van der Waals surface area contributed by atoms with E-state index in [4.69, 9.17) is 5.26 Å². The number of anilines is 2. The number of hydrogen-bond donors (Lipinski definition) is 2. The fraction of sp³-hybridized carbons (Fsp3) is 0.292. The Morgan fingerprint density at radius 3 is 2.53 bits per heavy atom. The lowest BCUT2D eigenvalue weighted by Crippen LogP contribution is -2.41. The van der Waals surface area contributed by atoms with Crippen molar-refractivity contribution in [3.8, 4) is 11.8 Å². The first-order chi connectivity index (χ1) is 17.1. The molecule has 1 aromatic heterocycles. The van der Waals surface area contributed by atoms with Gasteiger partial charge in [0.2, 0.25) is 0 Å². The van der Waals surface area contributed by atoms with Crippen molar-refractivity contribution in [3.63, 3.8) is 0 Å². The molecule has 3 aromatic rings. The van der Waals surface area contributed by atoms with E-state index in [1.807, 2.05) is 6.07 Å². The van der Waals surface area contributed by atoms with Crippen molar-refractivity contribution in [3.05, 3.63) is 86.1 Å². The minimum absolute atomic E-state index is 0.000429. The summed E-state index contributed by atoms with van der Waals surface area (Å²) in [6.45, 7) is -0.0672. The number of rotatable bonds is 7. The number of aromatic nitrogens is 2. The molecule has 2 aromatic carbocycles. The molecule has 12 heteroatoms.